The first kappa shape index (κ1) is 17.8. The van der Waals surface area contributed by atoms with Crippen molar-refractivity contribution in [1.29, 1.82) is 0 Å². The average Bonchev–Trinajstić information content (AvgIpc) is 3.37. The molecule has 2 aromatic carbocycles. The van der Waals surface area contributed by atoms with Crippen LogP contribution in [0, 0.1) is 6.92 Å². The SMILES string of the molecule is Cc1cc(N2CCCC2)ccc1NC(=O)c1ccc(C2SCCS2)cc1. The van der Waals surface area contributed by atoms with Crippen LogP contribution >= 0.6 is 23.5 Å². The van der Waals surface area contributed by atoms with Gasteiger partial charge >= 0.3 is 0 Å². The van der Waals surface area contributed by atoms with E-state index in [0.717, 1.165) is 24.3 Å². The highest BCUT2D eigenvalue weighted by atomic mass is 32.2. The lowest BCUT2D eigenvalue weighted by molar-refractivity contribution is 0.102. The van der Waals surface area contributed by atoms with Crippen LogP contribution < -0.4 is 10.2 Å². The average molecular weight is 385 g/mol. The second-order valence-electron chi connectivity index (χ2n) is 6.84. The summed E-state index contributed by atoms with van der Waals surface area (Å²) in [6, 6.07) is 14.4. The van der Waals surface area contributed by atoms with Gasteiger partial charge in [0.1, 0.15) is 0 Å². The molecule has 5 heteroatoms. The van der Waals surface area contributed by atoms with Crippen LogP contribution in [-0.2, 0) is 0 Å². The van der Waals surface area contributed by atoms with E-state index in [0.29, 0.717) is 10.1 Å². The number of hydrogen-bond acceptors (Lipinski definition) is 4. The Morgan fingerprint density at radius 2 is 1.73 bits per heavy atom. The zero-order chi connectivity index (χ0) is 17.9. The van der Waals surface area contributed by atoms with E-state index in [1.165, 1.54) is 35.6 Å². The molecule has 2 aromatic rings. The van der Waals surface area contributed by atoms with Crippen molar-refractivity contribution in [2.24, 2.45) is 0 Å². The van der Waals surface area contributed by atoms with Crippen molar-refractivity contribution in [2.75, 3.05) is 34.8 Å². The van der Waals surface area contributed by atoms with E-state index >= 15 is 0 Å². The molecular formula is C21H24N2OS2. The van der Waals surface area contributed by atoms with E-state index in [1.54, 1.807) is 0 Å². The molecule has 0 saturated carbocycles. The third kappa shape index (κ3) is 3.89. The highest BCUT2D eigenvalue weighted by molar-refractivity contribution is 8.19. The van der Waals surface area contributed by atoms with Gasteiger partial charge < -0.3 is 10.2 Å². The van der Waals surface area contributed by atoms with Gasteiger partial charge in [0.2, 0.25) is 0 Å². The predicted octanol–water partition coefficient (Wildman–Crippen LogP) is 5.33. The Morgan fingerprint density at radius 3 is 2.38 bits per heavy atom. The van der Waals surface area contributed by atoms with Gasteiger partial charge in [0, 0.05) is 41.5 Å². The molecule has 2 fully saturated rings. The smallest absolute Gasteiger partial charge is 0.255 e. The highest BCUT2D eigenvalue weighted by Crippen LogP contribution is 2.45. The molecule has 0 aromatic heterocycles. The van der Waals surface area contributed by atoms with E-state index in [-0.39, 0.29) is 5.91 Å². The largest absolute Gasteiger partial charge is 0.372 e. The van der Waals surface area contributed by atoms with Crippen LogP contribution in [0.2, 0.25) is 0 Å². The fourth-order valence-corrected chi connectivity index (χ4v) is 6.36. The Kier molecular flexibility index (Phi) is 5.46. The maximum absolute atomic E-state index is 12.6. The molecular weight excluding hydrogens is 360 g/mol. The van der Waals surface area contributed by atoms with Gasteiger partial charge in [-0.25, -0.2) is 0 Å². The summed E-state index contributed by atoms with van der Waals surface area (Å²) in [4.78, 5) is 15.0. The molecule has 1 amide bonds. The number of carbonyl (C=O) groups is 1. The summed E-state index contributed by atoms with van der Waals surface area (Å²) in [6.07, 6.45) is 2.54. The monoisotopic (exact) mass is 384 g/mol. The second kappa shape index (κ2) is 7.97. The van der Waals surface area contributed by atoms with E-state index in [4.69, 9.17) is 0 Å². The standard InChI is InChI=1S/C21H24N2OS2/c1-15-14-18(23-10-2-3-11-23)8-9-19(15)22-20(24)16-4-6-17(7-5-16)21-25-12-13-26-21/h4-9,14,21H,2-3,10-13H2,1H3,(H,22,24). The number of thioether (sulfide) groups is 2. The topological polar surface area (TPSA) is 32.3 Å². The molecule has 2 saturated heterocycles. The maximum atomic E-state index is 12.6. The summed E-state index contributed by atoms with van der Waals surface area (Å²) in [6.45, 7) is 4.33. The number of carbonyl (C=O) groups excluding carboxylic acids is 1. The third-order valence-corrected chi connectivity index (χ3v) is 8.10. The van der Waals surface area contributed by atoms with Crippen LogP contribution in [0.1, 0.15) is 38.9 Å². The van der Waals surface area contributed by atoms with E-state index in [2.05, 4.69) is 41.4 Å². The Balaban J connectivity index is 1.44. The molecule has 26 heavy (non-hydrogen) atoms. The Bertz CT molecular complexity index is 779. The number of amides is 1. The molecule has 0 spiro atoms. The molecule has 1 N–H and O–H groups in total. The van der Waals surface area contributed by atoms with Crippen molar-refractivity contribution in [3.8, 4) is 0 Å². The summed E-state index contributed by atoms with van der Waals surface area (Å²) in [5.41, 5.74) is 5.28. The van der Waals surface area contributed by atoms with Gasteiger partial charge in [-0.15, -0.1) is 23.5 Å². The quantitative estimate of drug-likeness (QED) is 0.772. The van der Waals surface area contributed by atoms with Crippen molar-refractivity contribution >= 4 is 40.8 Å². The summed E-state index contributed by atoms with van der Waals surface area (Å²) in [7, 11) is 0. The third-order valence-electron chi connectivity index (χ3n) is 5.00. The number of hydrogen-bond donors (Lipinski definition) is 1. The number of nitrogens with zero attached hydrogens (tertiary/aromatic N) is 1. The molecule has 0 radical (unpaired) electrons. The highest BCUT2D eigenvalue weighted by Gasteiger charge is 2.19. The minimum atomic E-state index is -0.0414. The number of benzene rings is 2. The van der Waals surface area contributed by atoms with E-state index < -0.39 is 0 Å². The van der Waals surface area contributed by atoms with E-state index in [9.17, 15) is 4.79 Å². The molecule has 0 atom stereocenters. The second-order valence-corrected chi connectivity index (χ2v) is 9.57. The molecule has 2 aliphatic rings. The van der Waals surface area contributed by atoms with Crippen molar-refractivity contribution < 1.29 is 4.79 Å². The number of aryl methyl sites for hydroxylation is 1. The number of rotatable bonds is 4. The Labute approximate surface area is 163 Å². The van der Waals surface area contributed by atoms with Crippen molar-refractivity contribution in [1.82, 2.24) is 0 Å². The van der Waals surface area contributed by atoms with E-state index in [1.807, 2.05) is 41.7 Å². The first-order valence-corrected chi connectivity index (χ1v) is 11.3. The summed E-state index contributed by atoms with van der Waals surface area (Å²) >= 11 is 3.97. The lowest BCUT2D eigenvalue weighted by atomic mass is 10.1. The zero-order valence-corrected chi connectivity index (χ0v) is 16.7. The first-order valence-electron chi connectivity index (χ1n) is 9.21. The summed E-state index contributed by atoms with van der Waals surface area (Å²) in [5, 5.41) is 3.07. The molecule has 4 rings (SSSR count). The number of nitrogens with one attached hydrogen (secondary N) is 1. The van der Waals surface area contributed by atoms with Crippen molar-refractivity contribution in [3.05, 3.63) is 59.2 Å². The molecule has 2 heterocycles. The van der Waals surface area contributed by atoms with Crippen LogP contribution in [0.3, 0.4) is 0 Å². The number of anilines is 2. The lowest BCUT2D eigenvalue weighted by Crippen LogP contribution is -2.18. The zero-order valence-electron chi connectivity index (χ0n) is 15.0. The minimum Gasteiger partial charge on any atom is -0.372 e. The molecule has 0 bridgehead atoms. The van der Waals surface area contributed by atoms with Gasteiger partial charge in [0.15, 0.2) is 0 Å². The van der Waals surface area contributed by atoms with Crippen molar-refractivity contribution in [3.63, 3.8) is 0 Å². The van der Waals surface area contributed by atoms with Crippen LogP contribution in [-0.4, -0.2) is 30.5 Å². The fourth-order valence-electron chi connectivity index (χ4n) is 3.50. The molecule has 3 nitrogen and oxygen atoms in total. The lowest BCUT2D eigenvalue weighted by Gasteiger charge is -2.19. The molecule has 136 valence electrons. The minimum absolute atomic E-state index is 0.0414. The van der Waals surface area contributed by atoms with Crippen LogP contribution in [0.25, 0.3) is 0 Å². The van der Waals surface area contributed by atoms with Crippen molar-refractivity contribution in [2.45, 2.75) is 24.3 Å². The van der Waals surface area contributed by atoms with Gasteiger partial charge in [-0.3, -0.25) is 4.79 Å². The van der Waals surface area contributed by atoms with Gasteiger partial charge in [-0.1, -0.05) is 12.1 Å². The van der Waals surface area contributed by atoms with Crippen LogP contribution in [0.15, 0.2) is 42.5 Å². The molecule has 0 unspecified atom stereocenters. The van der Waals surface area contributed by atoms with Gasteiger partial charge in [0.25, 0.3) is 5.91 Å². The maximum Gasteiger partial charge on any atom is 0.255 e. The molecule has 0 aliphatic carbocycles. The van der Waals surface area contributed by atoms with Crippen LogP contribution in [0.5, 0.6) is 0 Å². The Morgan fingerprint density at radius 1 is 1.04 bits per heavy atom. The fraction of sp³-hybridized carbons (Fsp3) is 0.381. The predicted molar refractivity (Wildman–Crippen MR) is 115 cm³/mol. The normalized spacial score (nSPS) is 17.7. The van der Waals surface area contributed by atoms with Gasteiger partial charge in [0.05, 0.1) is 4.58 Å². The Hall–Kier alpha value is -1.59. The summed E-state index contributed by atoms with van der Waals surface area (Å²) < 4.78 is 0.521. The summed E-state index contributed by atoms with van der Waals surface area (Å²) in [5.74, 6) is 2.38. The van der Waals surface area contributed by atoms with Gasteiger partial charge in [-0.05, 0) is 61.2 Å². The van der Waals surface area contributed by atoms with Crippen LogP contribution in [0.4, 0.5) is 11.4 Å². The van der Waals surface area contributed by atoms with Gasteiger partial charge in [-0.2, -0.15) is 0 Å². The molecule has 2 aliphatic heterocycles. The first-order chi connectivity index (χ1) is 12.7.